The van der Waals surface area contributed by atoms with Crippen molar-refractivity contribution in [1.29, 1.82) is 0 Å². The summed E-state index contributed by atoms with van der Waals surface area (Å²) in [6.07, 6.45) is 3.59. The molecule has 1 aromatic rings. The number of carbonyl (C=O) groups is 4. The Labute approximate surface area is 158 Å². The average molecular weight is 372 g/mol. The van der Waals surface area contributed by atoms with Gasteiger partial charge in [-0.15, -0.1) is 0 Å². The van der Waals surface area contributed by atoms with Crippen molar-refractivity contribution < 1.29 is 23.9 Å². The maximum absolute atomic E-state index is 12.9. The molecular weight excluding hydrogens is 348 g/mol. The summed E-state index contributed by atoms with van der Waals surface area (Å²) in [6, 6.07) is 5.47. The summed E-state index contributed by atoms with van der Waals surface area (Å²) in [5, 5.41) is 2.80. The molecule has 1 heterocycles. The molecular formula is C20H24N2O5. The van der Waals surface area contributed by atoms with Crippen LogP contribution >= 0.6 is 0 Å². The average Bonchev–Trinajstić information content (AvgIpc) is 2.93. The standard InChI is InChI=1S/C20H24N2O5/c1-3-27-19(26)20(11-7-4-8-12-20)21-16(23)13(2)22-17(24)14-9-5-6-10-15(14)18(22)25/h5-6,9-10,13H,3-4,7-8,11-12H2,1-2H3,(H,21,23)/t13-/m1/s1. The molecule has 0 bridgehead atoms. The summed E-state index contributed by atoms with van der Waals surface area (Å²) < 4.78 is 5.18. The largest absolute Gasteiger partial charge is 0.464 e. The van der Waals surface area contributed by atoms with E-state index in [4.69, 9.17) is 4.74 Å². The van der Waals surface area contributed by atoms with E-state index in [1.54, 1.807) is 31.2 Å². The number of ether oxygens (including phenoxy) is 1. The second kappa shape index (κ2) is 7.50. The number of hydrogen-bond acceptors (Lipinski definition) is 5. The van der Waals surface area contributed by atoms with Crippen LogP contribution in [0.4, 0.5) is 0 Å². The van der Waals surface area contributed by atoms with Crippen LogP contribution in [-0.4, -0.2) is 46.8 Å². The predicted molar refractivity (Wildman–Crippen MR) is 97.0 cm³/mol. The fraction of sp³-hybridized carbons (Fsp3) is 0.500. The summed E-state index contributed by atoms with van der Waals surface area (Å²) in [4.78, 5) is 51.6. The molecule has 1 atom stereocenters. The highest BCUT2D eigenvalue weighted by atomic mass is 16.5. The highest BCUT2D eigenvalue weighted by molar-refractivity contribution is 6.22. The number of benzene rings is 1. The molecule has 1 N–H and O–H groups in total. The van der Waals surface area contributed by atoms with E-state index < -0.39 is 35.3 Å². The summed E-state index contributed by atoms with van der Waals surface area (Å²) in [5.41, 5.74) is -0.502. The van der Waals surface area contributed by atoms with Gasteiger partial charge < -0.3 is 10.1 Å². The van der Waals surface area contributed by atoms with Crippen molar-refractivity contribution in [2.75, 3.05) is 6.61 Å². The molecule has 0 unspecified atom stereocenters. The van der Waals surface area contributed by atoms with Gasteiger partial charge in [0.25, 0.3) is 11.8 Å². The molecule has 1 fully saturated rings. The van der Waals surface area contributed by atoms with Crippen LogP contribution in [0.2, 0.25) is 0 Å². The van der Waals surface area contributed by atoms with Crippen molar-refractivity contribution >= 4 is 23.7 Å². The van der Waals surface area contributed by atoms with Crippen LogP contribution in [0.15, 0.2) is 24.3 Å². The molecule has 1 saturated carbocycles. The molecule has 7 nitrogen and oxygen atoms in total. The van der Waals surface area contributed by atoms with Crippen LogP contribution < -0.4 is 5.32 Å². The molecule has 3 rings (SSSR count). The minimum atomic E-state index is -1.09. The first-order chi connectivity index (χ1) is 12.9. The first kappa shape index (κ1) is 19.1. The molecule has 1 aliphatic heterocycles. The Kier molecular flexibility index (Phi) is 5.30. The van der Waals surface area contributed by atoms with E-state index in [-0.39, 0.29) is 6.61 Å². The quantitative estimate of drug-likeness (QED) is 0.631. The molecule has 27 heavy (non-hydrogen) atoms. The highest BCUT2D eigenvalue weighted by Crippen LogP contribution is 2.30. The Hall–Kier alpha value is -2.70. The Balaban J connectivity index is 1.80. The third-order valence-corrected chi connectivity index (χ3v) is 5.33. The van der Waals surface area contributed by atoms with Crippen LogP contribution in [0.5, 0.6) is 0 Å². The first-order valence-electron chi connectivity index (χ1n) is 9.37. The van der Waals surface area contributed by atoms with E-state index in [0.717, 1.165) is 24.2 Å². The molecule has 0 spiro atoms. The predicted octanol–water partition coefficient (Wildman–Crippen LogP) is 2.05. The Morgan fingerprint density at radius 2 is 1.67 bits per heavy atom. The van der Waals surface area contributed by atoms with Crippen LogP contribution in [-0.2, 0) is 14.3 Å². The molecule has 1 aliphatic carbocycles. The molecule has 2 aliphatic rings. The monoisotopic (exact) mass is 372 g/mol. The van der Waals surface area contributed by atoms with Gasteiger partial charge in [0.2, 0.25) is 5.91 Å². The number of fused-ring (bicyclic) bond motifs is 1. The smallest absolute Gasteiger partial charge is 0.331 e. The molecule has 1 aromatic carbocycles. The minimum absolute atomic E-state index is 0.227. The first-order valence-corrected chi connectivity index (χ1v) is 9.37. The van der Waals surface area contributed by atoms with Gasteiger partial charge in [0.15, 0.2) is 0 Å². The van der Waals surface area contributed by atoms with Crippen LogP contribution in [0, 0.1) is 0 Å². The lowest BCUT2D eigenvalue weighted by molar-refractivity contribution is -0.155. The summed E-state index contributed by atoms with van der Waals surface area (Å²) in [7, 11) is 0. The number of imide groups is 1. The van der Waals surface area contributed by atoms with E-state index >= 15 is 0 Å². The lowest BCUT2D eigenvalue weighted by Gasteiger charge is -2.37. The summed E-state index contributed by atoms with van der Waals surface area (Å²) in [5.74, 6) is -1.97. The van der Waals surface area contributed by atoms with Gasteiger partial charge in [0, 0.05) is 0 Å². The second-order valence-electron chi connectivity index (χ2n) is 7.05. The normalized spacial score (nSPS) is 19.4. The van der Waals surface area contributed by atoms with E-state index in [1.807, 2.05) is 0 Å². The van der Waals surface area contributed by atoms with Gasteiger partial charge in [-0.05, 0) is 38.8 Å². The number of nitrogens with zero attached hydrogens (tertiary/aromatic N) is 1. The van der Waals surface area contributed by atoms with Crippen molar-refractivity contribution in [3.63, 3.8) is 0 Å². The number of amides is 3. The maximum atomic E-state index is 12.9. The van der Waals surface area contributed by atoms with Gasteiger partial charge in [-0.1, -0.05) is 31.4 Å². The fourth-order valence-corrected chi connectivity index (χ4v) is 3.82. The van der Waals surface area contributed by atoms with Gasteiger partial charge in [-0.2, -0.15) is 0 Å². The number of nitrogens with one attached hydrogen (secondary N) is 1. The van der Waals surface area contributed by atoms with E-state index in [2.05, 4.69) is 5.32 Å². The Morgan fingerprint density at radius 3 is 2.19 bits per heavy atom. The van der Waals surface area contributed by atoms with Gasteiger partial charge in [0.1, 0.15) is 11.6 Å². The van der Waals surface area contributed by atoms with Crippen molar-refractivity contribution in [3.8, 4) is 0 Å². The maximum Gasteiger partial charge on any atom is 0.331 e. The third-order valence-electron chi connectivity index (χ3n) is 5.33. The van der Waals surface area contributed by atoms with Gasteiger partial charge in [-0.25, -0.2) is 4.79 Å². The molecule has 0 saturated heterocycles. The Bertz CT molecular complexity index is 747. The van der Waals surface area contributed by atoms with Gasteiger partial charge in [0.05, 0.1) is 17.7 Å². The minimum Gasteiger partial charge on any atom is -0.464 e. The second-order valence-corrected chi connectivity index (χ2v) is 7.05. The number of rotatable bonds is 5. The molecule has 3 amide bonds. The van der Waals surface area contributed by atoms with Crippen molar-refractivity contribution in [1.82, 2.24) is 10.2 Å². The molecule has 144 valence electrons. The van der Waals surface area contributed by atoms with E-state index in [1.165, 1.54) is 6.92 Å². The third kappa shape index (κ3) is 3.34. The summed E-state index contributed by atoms with van der Waals surface area (Å²) in [6.45, 7) is 3.45. The van der Waals surface area contributed by atoms with Crippen LogP contribution in [0.25, 0.3) is 0 Å². The molecule has 0 aromatic heterocycles. The highest BCUT2D eigenvalue weighted by Gasteiger charge is 2.46. The van der Waals surface area contributed by atoms with Gasteiger partial charge in [-0.3, -0.25) is 19.3 Å². The topological polar surface area (TPSA) is 92.8 Å². The lowest BCUT2D eigenvalue weighted by Crippen LogP contribution is -2.60. The lowest BCUT2D eigenvalue weighted by atomic mass is 9.81. The van der Waals surface area contributed by atoms with Crippen LogP contribution in [0.3, 0.4) is 0 Å². The molecule has 0 radical (unpaired) electrons. The zero-order chi connectivity index (χ0) is 19.6. The summed E-state index contributed by atoms with van der Waals surface area (Å²) >= 11 is 0. The fourth-order valence-electron chi connectivity index (χ4n) is 3.82. The number of carbonyl (C=O) groups excluding carboxylic acids is 4. The number of esters is 1. The van der Waals surface area contributed by atoms with Crippen LogP contribution in [0.1, 0.15) is 66.7 Å². The zero-order valence-electron chi connectivity index (χ0n) is 15.6. The zero-order valence-corrected chi connectivity index (χ0v) is 15.6. The number of hydrogen-bond donors (Lipinski definition) is 1. The van der Waals surface area contributed by atoms with Gasteiger partial charge >= 0.3 is 5.97 Å². The van der Waals surface area contributed by atoms with Crippen molar-refractivity contribution in [2.45, 2.75) is 57.5 Å². The SMILES string of the molecule is CCOC(=O)C1(NC(=O)[C@@H](C)N2C(=O)c3ccccc3C2=O)CCCCC1. The van der Waals surface area contributed by atoms with E-state index in [9.17, 15) is 19.2 Å². The van der Waals surface area contributed by atoms with E-state index in [0.29, 0.717) is 24.0 Å². The molecule has 7 heteroatoms. The van der Waals surface area contributed by atoms with Crippen molar-refractivity contribution in [3.05, 3.63) is 35.4 Å². The van der Waals surface area contributed by atoms with Crippen molar-refractivity contribution in [2.24, 2.45) is 0 Å². The Morgan fingerprint density at radius 1 is 1.11 bits per heavy atom.